The van der Waals surface area contributed by atoms with Crippen LogP contribution >= 0.6 is 11.3 Å². The maximum Gasteiger partial charge on any atom is 0.417 e. The van der Waals surface area contributed by atoms with E-state index in [9.17, 15) is 4.79 Å². The smallest absolute Gasteiger partial charge is 0.408 e. The maximum atomic E-state index is 11.5. The van der Waals surface area contributed by atoms with Crippen LogP contribution in [0.15, 0.2) is 51.7 Å². The summed E-state index contributed by atoms with van der Waals surface area (Å²) < 4.78 is 12.8. The van der Waals surface area contributed by atoms with E-state index >= 15 is 0 Å². The van der Waals surface area contributed by atoms with Gasteiger partial charge in [-0.15, -0.1) is 11.3 Å². The summed E-state index contributed by atoms with van der Waals surface area (Å²) in [6.45, 7) is 2.09. The van der Waals surface area contributed by atoms with Crippen LogP contribution in [0.2, 0.25) is 0 Å². The molecule has 0 amide bonds. The monoisotopic (exact) mass is 337 g/mol. The summed E-state index contributed by atoms with van der Waals surface area (Å²) >= 11 is 1.75. The van der Waals surface area contributed by atoms with Crippen LogP contribution in [0.4, 0.5) is 0 Å². The molecule has 5 rings (SSSR count). The van der Waals surface area contributed by atoms with E-state index in [1.807, 2.05) is 12.1 Å². The topological polar surface area (TPSA) is 55.2 Å². The van der Waals surface area contributed by atoms with E-state index in [4.69, 9.17) is 9.15 Å². The first kappa shape index (κ1) is 14.0. The minimum atomic E-state index is -0.417. The van der Waals surface area contributed by atoms with Crippen LogP contribution in [0.25, 0.3) is 21.2 Å². The lowest BCUT2D eigenvalue weighted by Gasteiger charge is -2.30. The molecule has 4 nitrogen and oxygen atoms in total. The minimum absolute atomic E-state index is 0.120. The highest BCUT2D eigenvalue weighted by Crippen LogP contribution is 2.41. The second-order valence-corrected chi connectivity index (χ2v) is 7.39. The van der Waals surface area contributed by atoms with Crippen molar-refractivity contribution < 1.29 is 9.15 Å². The van der Waals surface area contributed by atoms with Crippen LogP contribution < -0.4 is 5.76 Å². The summed E-state index contributed by atoms with van der Waals surface area (Å²) in [4.78, 5) is 15.4. The third kappa shape index (κ3) is 2.12. The third-order valence-electron chi connectivity index (χ3n) is 4.54. The molecule has 4 aromatic rings. The van der Waals surface area contributed by atoms with Crippen molar-refractivity contribution >= 4 is 32.5 Å². The van der Waals surface area contributed by atoms with Crippen LogP contribution in [0.3, 0.4) is 0 Å². The summed E-state index contributed by atoms with van der Waals surface area (Å²) in [7, 11) is 0. The lowest BCUT2D eigenvalue weighted by molar-refractivity contribution is 0.00924. The van der Waals surface area contributed by atoms with Gasteiger partial charge < -0.3 is 9.15 Å². The van der Waals surface area contributed by atoms with Gasteiger partial charge in [0.05, 0.1) is 11.6 Å². The van der Waals surface area contributed by atoms with Gasteiger partial charge in [0.2, 0.25) is 0 Å². The van der Waals surface area contributed by atoms with Gasteiger partial charge >= 0.3 is 5.76 Å². The Morgan fingerprint density at radius 1 is 1.21 bits per heavy atom. The highest BCUT2D eigenvalue weighted by Gasteiger charge is 2.29. The summed E-state index contributed by atoms with van der Waals surface area (Å²) in [5.41, 5.74) is 3.64. The highest BCUT2D eigenvalue weighted by atomic mass is 32.1. The molecule has 3 heterocycles. The summed E-state index contributed by atoms with van der Waals surface area (Å²) in [6, 6.07) is 14.5. The molecule has 2 atom stereocenters. The molecule has 1 N–H and O–H groups in total. The molecule has 5 heteroatoms. The summed E-state index contributed by atoms with van der Waals surface area (Å²) in [5, 5.41) is 1.23. The molecular formula is C19H15NO3S. The number of H-pyrrole nitrogens is 1. The van der Waals surface area contributed by atoms with Crippen LogP contribution in [0, 0.1) is 0 Å². The van der Waals surface area contributed by atoms with E-state index in [1.54, 1.807) is 11.3 Å². The molecule has 0 fully saturated rings. The molecule has 0 bridgehead atoms. The Morgan fingerprint density at radius 3 is 2.96 bits per heavy atom. The van der Waals surface area contributed by atoms with Crippen molar-refractivity contribution in [1.82, 2.24) is 4.98 Å². The molecule has 2 unspecified atom stereocenters. The van der Waals surface area contributed by atoms with Gasteiger partial charge in [0.1, 0.15) is 6.10 Å². The number of aromatic nitrogens is 1. The Labute approximate surface area is 141 Å². The molecule has 2 aromatic carbocycles. The van der Waals surface area contributed by atoms with Gasteiger partial charge in [-0.1, -0.05) is 18.2 Å². The van der Waals surface area contributed by atoms with Crippen molar-refractivity contribution in [2.75, 3.05) is 0 Å². The number of thiophene rings is 1. The first-order chi connectivity index (χ1) is 11.7. The standard InChI is InChI=1S/C19H15NO3S/c1-10-6-12-7-14-15(23-19(21)20-14)9-13(12)18(22-10)17-8-11-4-2-3-5-16(11)24-17/h2-5,7-10,18H,6H2,1H3,(H,20,21). The molecule has 0 saturated heterocycles. The molecule has 0 radical (unpaired) electrons. The van der Waals surface area contributed by atoms with Crippen LogP contribution in [-0.4, -0.2) is 11.1 Å². The van der Waals surface area contributed by atoms with Crippen LogP contribution in [0.5, 0.6) is 0 Å². The Kier molecular flexibility index (Phi) is 2.96. The number of hydrogen-bond acceptors (Lipinski definition) is 4. The van der Waals surface area contributed by atoms with Crippen LogP contribution in [0.1, 0.15) is 29.0 Å². The number of nitrogens with one attached hydrogen (secondary N) is 1. The lowest BCUT2D eigenvalue weighted by atomic mass is 9.93. The van der Waals surface area contributed by atoms with Crippen molar-refractivity contribution in [3.63, 3.8) is 0 Å². The lowest BCUT2D eigenvalue weighted by Crippen LogP contribution is -2.23. The van der Waals surface area contributed by atoms with Crippen molar-refractivity contribution in [2.45, 2.75) is 25.6 Å². The zero-order valence-corrected chi connectivity index (χ0v) is 13.9. The second kappa shape index (κ2) is 5.06. The van der Waals surface area contributed by atoms with Gasteiger partial charge in [0, 0.05) is 9.58 Å². The zero-order chi connectivity index (χ0) is 16.3. The van der Waals surface area contributed by atoms with Gasteiger partial charge in [-0.05, 0) is 54.1 Å². The Balaban J connectivity index is 1.72. The van der Waals surface area contributed by atoms with Crippen molar-refractivity contribution in [3.05, 3.63) is 69.0 Å². The summed E-state index contributed by atoms with van der Waals surface area (Å²) in [5.74, 6) is -0.417. The van der Waals surface area contributed by atoms with Gasteiger partial charge in [-0.2, -0.15) is 0 Å². The van der Waals surface area contributed by atoms with E-state index < -0.39 is 5.76 Å². The summed E-state index contributed by atoms with van der Waals surface area (Å²) in [6.07, 6.45) is 0.842. The van der Waals surface area contributed by atoms with Gasteiger partial charge in [-0.25, -0.2) is 4.79 Å². The van der Waals surface area contributed by atoms with E-state index in [-0.39, 0.29) is 12.2 Å². The van der Waals surface area contributed by atoms with Crippen molar-refractivity contribution in [2.24, 2.45) is 0 Å². The van der Waals surface area contributed by atoms with Crippen molar-refractivity contribution in [3.8, 4) is 0 Å². The number of oxazole rings is 1. The number of aromatic amines is 1. The van der Waals surface area contributed by atoms with E-state index in [0.717, 1.165) is 17.5 Å². The predicted octanol–water partition coefficient (Wildman–Crippen LogP) is 4.39. The third-order valence-corrected chi connectivity index (χ3v) is 5.70. The average Bonchev–Trinajstić information content (AvgIpc) is 3.13. The highest BCUT2D eigenvalue weighted by molar-refractivity contribution is 7.19. The molecule has 0 saturated carbocycles. The van der Waals surface area contributed by atoms with Gasteiger partial charge in [-0.3, -0.25) is 4.98 Å². The molecule has 1 aliphatic heterocycles. The molecule has 0 spiro atoms. The Hall–Kier alpha value is -2.37. The fourth-order valence-corrected chi connectivity index (χ4v) is 4.61. The fourth-order valence-electron chi connectivity index (χ4n) is 3.49. The first-order valence-electron chi connectivity index (χ1n) is 7.97. The van der Waals surface area contributed by atoms with Crippen molar-refractivity contribution in [1.29, 1.82) is 0 Å². The minimum Gasteiger partial charge on any atom is -0.408 e. The molecule has 2 aromatic heterocycles. The fraction of sp³-hybridized carbons (Fsp3) is 0.211. The zero-order valence-electron chi connectivity index (χ0n) is 13.0. The van der Waals surface area contributed by atoms with Gasteiger partial charge in [0.25, 0.3) is 0 Å². The van der Waals surface area contributed by atoms with Crippen LogP contribution in [-0.2, 0) is 11.2 Å². The number of fused-ring (bicyclic) bond motifs is 3. The molecule has 120 valence electrons. The molecule has 24 heavy (non-hydrogen) atoms. The number of hydrogen-bond donors (Lipinski definition) is 1. The molecule has 1 aliphatic rings. The number of rotatable bonds is 1. The predicted molar refractivity (Wildman–Crippen MR) is 94.8 cm³/mol. The van der Waals surface area contributed by atoms with E-state index in [1.165, 1.54) is 20.5 Å². The average molecular weight is 337 g/mol. The normalized spacial score (nSPS) is 20.5. The van der Waals surface area contributed by atoms with E-state index in [2.05, 4.69) is 42.2 Å². The molecule has 0 aliphatic carbocycles. The first-order valence-corrected chi connectivity index (χ1v) is 8.78. The van der Waals surface area contributed by atoms with Gasteiger partial charge in [0.15, 0.2) is 5.58 Å². The number of benzene rings is 2. The Bertz CT molecular complexity index is 1090. The SMILES string of the molecule is CC1Cc2cc3[nH]c(=O)oc3cc2C(c2cc3ccccc3s2)O1. The second-order valence-electron chi connectivity index (χ2n) is 6.28. The maximum absolute atomic E-state index is 11.5. The largest absolute Gasteiger partial charge is 0.417 e. The number of ether oxygens (including phenoxy) is 1. The Morgan fingerprint density at radius 2 is 2.08 bits per heavy atom. The molecular weight excluding hydrogens is 322 g/mol. The van der Waals surface area contributed by atoms with E-state index in [0.29, 0.717) is 5.58 Å². The quantitative estimate of drug-likeness (QED) is 0.560.